The van der Waals surface area contributed by atoms with Crippen molar-refractivity contribution in [3.63, 3.8) is 0 Å². The molecule has 32 heavy (non-hydrogen) atoms. The van der Waals surface area contributed by atoms with E-state index in [9.17, 15) is 9.59 Å². The predicted octanol–water partition coefficient (Wildman–Crippen LogP) is 3.05. The van der Waals surface area contributed by atoms with Crippen LogP contribution >= 0.6 is 0 Å². The molecule has 1 unspecified atom stereocenters. The zero-order valence-electron chi connectivity index (χ0n) is 18.6. The molecule has 1 atom stereocenters. The second-order valence-electron chi connectivity index (χ2n) is 8.75. The molecule has 1 saturated heterocycles. The zero-order chi connectivity index (χ0) is 22.2. The van der Waals surface area contributed by atoms with Crippen molar-refractivity contribution in [2.45, 2.75) is 45.2 Å². The van der Waals surface area contributed by atoms with E-state index in [0.717, 1.165) is 56.8 Å². The van der Waals surface area contributed by atoms with Crippen molar-refractivity contribution in [3.05, 3.63) is 65.2 Å². The third-order valence-corrected chi connectivity index (χ3v) is 6.34. The predicted molar refractivity (Wildman–Crippen MR) is 124 cm³/mol. The summed E-state index contributed by atoms with van der Waals surface area (Å²) in [5, 5.41) is 6.07. The van der Waals surface area contributed by atoms with Crippen molar-refractivity contribution < 1.29 is 14.3 Å². The molecule has 0 spiro atoms. The Kier molecular flexibility index (Phi) is 7.77. The largest absolute Gasteiger partial charge is 0.493 e. The fourth-order valence-corrected chi connectivity index (χ4v) is 4.50. The van der Waals surface area contributed by atoms with Gasteiger partial charge in [0.15, 0.2) is 0 Å². The molecule has 0 saturated carbocycles. The van der Waals surface area contributed by atoms with Crippen molar-refractivity contribution in [2.24, 2.45) is 5.92 Å². The molecular weight excluding hydrogens is 402 g/mol. The van der Waals surface area contributed by atoms with Gasteiger partial charge in [-0.2, -0.15) is 0 Å². The molecule has 2 N–H and O–H groups in total. The van der Waals surface area contributed by atoms with Crippen LogP contribution in [0.25, 0.3) is 0 Å². The third-order valence-electron chi connectivity index (χ3n) is 6.34. The quantitative estimate of drug-likeness (QED) is 0.757. The molecule has 4 rings (SSSR count). The average molecular weight is 436 g/mol. The lowest BCUT2D eigenvalue weighted by Crippen LogP contribution is -2.33. The Balaban J connectivity index is 1.34. The van der Waals surface area contributed by atoms with Gasteiger partial charge in [-0.15, -0.1) is 0 Å². The smallest absolute Gasteiger partial charge is 0.223 e. The number of fused-ring (bicyclic) bond motifs is 1. The monoisotopic (exact) mass is 435 g/mol. The number of nitrogens with one attached hydrogen (secondary N) is 2. The minimum Gasteiger partial charge on any atom is -0.493 e. The molecule has 6 nitrogen and oxygen atoms in total. The van der Waals surface area contributed by atoms with Gasteiger partial charge in [0, 0.05) is 44.9 Å². The van der Waals surface area contributed by atoms with Gasteiger partial charge in [0.2, 0.25) is 11.8 Å². The van der Waals surface area contributed by atoms with Crippen LogP contribution in [0.3, 0.4) is 0 Å². The fourth-order valence-electron chi connectivity index (χ4n) is 4.50. The lowest BCUT2D eigenvalue weighted by molar-refractivity contribution is -0.126. The number of hydrogen-bond acceptors (Lipinski definition) is 4. The Morgan fingerprint density at radius 3 is 2.81 bits per heavy atom. The maximum Gasteiger partial charge on any atom is 0.223 e. The summed E-state index contributed by atoms with van der Waals surface area (Å²) in [6.07, 6.45) is 3.89. The van der Waals surface area contributed by atoms with Crippen molar-refractivity contribution >= 4 is 11.8 Å². The number of nitrogens with zero attached hydrogens (tertiary/aromatic N) is 1. The summed E-state index contributed by atoms with van der Waals surface area (Å²) in [6.45, 7) is 4.26. The van der Waals surface area contributed by atoms with Gasteiger partial charge in [-0.3, -0.25) is 14.5 Å². The van der Waals surface area contributed by atoms with Crippen LogP contribution in [0.15, 0.2) is 48.5 Å². The van der Waals surface area contributed by atoms with E-state index in [1.165, 1.54) is 11.1 Å². The minimum atomic E-state index is -0.0869. The molecule has 0 aliphatic carbocycles. The molecule has 2 amide bonds. The molecule has 0 aromatic heterocycles. The van der Waals surface area contributed by atoms with Gasteiger partial charge in [0.1, 0.15) is 5.75 Å². The molecule has 0 bridgehead atoms. The topological polar surface area (TPSA) is 70.7 Å². The van der Waals surface area contributed by atoms with Gasteiger partial charge < -0.3 is 15.4 Å². The summed E-state index contributed by atoms with van der Waals surface area (Å²) < 4.78 is 5.62. The van der Waals surface area contributed by atoms with E-state index in [-0.39, 0.29) is 17.7 Å². The first-order valence-corrected chi connectivity index (χ1v) is 11.7. The fraction of sp³-hybridized carbons (Fsp3) is 0.462. The van der Waals surface area contributed by atoms with Crippen LogP contribution in [-0.2, 0) is 29.1 Å². The van der Waals surface area contributed by atoms with Gasteiger partial charge in [-0.25, -0.2) is 0 Å². The SMILES string of the molecule is O=C1CCN(Cc2ccc3c(c2)CCO3)CCCC(C(=O)NCc2ccccc2)CCN1. The summed E-state index contributed by atoms with van der Waals surface area (Å²) >= 11 is 0. The highest BCUT2D eigenvalue weighted by molar-refractivity contribution is 5.79. The maximum atomic E-state index is 12.8. The van der Waals surface area contributed by atoms with E-state index >= 15 is 0 Å². The summed E-state index contributed by atoms with van der Waals surface area (Å²) in [4.78, 5) is 27.5. The highest BCUT2D eigenvalue weighted by Crippen LogP contribution is 2.26. The summed E-state index contributed by atoms with van der Waals surface area (Å²) in [5.41, 5.74) is 3.62. The van der Waals surface area contributed by atoms with Crippen LogP contribution in [0.1, 0.15) is 42.4 Å². The lowest BCUT2D eigenvalue weighted by atomic mass is 9.97. The van der Waals surface area contributed by atoms with E-state index in [1.807, 2.05) is 30.3 Å². The molecule has 2 aromatic carbocycles. The maximum absolute atomic E-state index is 12.8. The van der Waals surface area contributed by atoms with Gasteiger partial charge in [0.05, 0.1) is 6.61 Å². The molecule has 0 radical (unpaired) electrons. The second-order valence-corrected chi connectivity index (χ2v) is 8.75. The normalized spacial score (nSPS) is 19.9. The number of carbonyl (C=O) groups excluding carboxylic acids is 2. The Bertz CT molecular complexity index is 916. The first kappa shape index (κ1) is 22.3. The number of amides is 2. The highest BCUT2D eigenvalue weighted by atomic mass is 16.5. The van der Waals surface area contributed by atoms with Crippen LogP contribution in [-0.4, -0.2) is 43.0 Å². The van der Waals surface area contributed by atoms with Crippen molar-refractivity contribution in [1.29, 1.82) is 0 Å². The highest BCUT2D eigenvalue weighted by Gasteiger charge is 2.21. The Morgan fingerprint density at radius 2 is 1.94 bits per heavy atom. The van der Waals surface area contributed by atoms with Crippen LogP contribution in [0.5, 0.6) is 5.75 Å². The lowest BCUT2D eigenvalue weighted by Gasteiger charge is -2.23. The van der Waals surface area contributed by atoms with Crippen LogP contribution < -0.4 is 15.4 Å². The molecule has 6 heteroatoms. The number of rotatable bonds is 5. The third kappa shape index (κ3) is 6.33. The van der Waals surface area contributed by atoms with E-state index < -0.39 is 0 Å². The van der Waals surface area contributed by atoms with E-state index in [2.05, 4.69) is 33.7 Å². The first-order chi connectivity index (χ1) is 15.7. The summed E-state index contributed by atoms with van der Waals surface area (Å²) in [5.74, 6) is 1.04. The van der Waals surface area contributed by atoms with Gasteiger partial charge >= 0.3 is 0 Å². The molecule has 2 heterocycles. The van der Waals surface area contributed by atoms with Crippen LogP contribution in [0.4, 0.5) is 0 Å². The minimum absolute atomic E-state index is 0.0581. The first-order valence-electron chi connectivity index (χ1n) is 11.7. The molecule has 170 valence electrons. The summed E-state index contributed by atoms with van der Waals surface area (Å²) in [7, 11) is 0. The zero-order valence-corrected chi connectivity index (χ0v) is 18.6. The number of carbonyl (C=O) groups is 2. The van der Waals surface area contributed by atoms with E-state index in [0.29, 0.717) is 25.9 Å². The molecule has 2 aliphatic rings. The van der Waals surface area contributed by atoms with Crippen LogP contribution in [0.2, 0.25) is 0 Å². The number of ether oxygens (including phenoxy) is 1. The van der Waals surface area contributed by atoms with Crippen LogP contribution in [0, 0.1) is 5.92 Å². The average Bonchev–Trinajstić information content (AvgIpc) is 3.27. The van der Waals surface area contributed by atoms with Crippen molar-refractivity contribution in [3.8, 4) is 5.75 Å². The number of hydrogen-bond donors (Lipinski definition) is 2. The molecule has 1 fully saturated rings. The van der Waals surface area contributed by atoms with Gasteiger partial charge in [-0.05, 0) is 48.6 Å². The molecule has 2 aliphatic heterocycles. The Morgan fingerprint density at radius 1 is 1.06 bits per heavy atom. The second kappa shape index (κ2) is 11.1. The van der Waals surface area contributed by atoms with Crippen molar-refractivity contribution in [2.75, 3.05) is 26.2 Å². The Hall–Kier alpha value is -2.86. The van der Waals surface area contributed by atoms with E-state index in [1.54, 1.807) is 0 Å². The summed E-state index contributed by atoms with van der Waals surface area (Å²) in [6, 6.07) is 16.4. The molecular formula is C26H33N3O3. The van der Waals surface area contributed by atoms with Crippen molar-refractivity contribution in [1.82, 2.24) is 15.5 Å². The molecule has 2 aromatic rings. The van der Waals surface area contributed by atoms with Gasteiger partial charge in [-0.1, -0.05) is 42.5 Å². The van der Waals surface area contributed by atoms with Gasteiger partial charge in [0.25, 0.3) is 0 Å². The van der Waals surface area contributed by atoms with E-state index in [4.69, 9.17) is 4.74 Å². The Labute approximate surface area is 190 Å². The standard InChI is InChI=1S/C26H33N3O3/c30-25-11-15-29(19-21-8-9-24-23(17-21)12-16-32-24)14-4-7-22(10-13-27-25)26(31)28-18-20-5-2-1-3-6-20/h1-3,5-6,8-9,17,22H,4,7,10-16,18-19H2,(H,27,30)(H,28,31). The number of benzene rings is 2.